The van der Waals surface area contributed by atoms with Crippen molar-refractivity contribution in [1.29, 1.82) is 0 Å². The van der Waals surface area contributed by atoms with Gasteiger partial charge in [-0.15, -0.1) is 0 Å². The van der Waals surface area contributed by atoms with Gasteiger partial charge in [0.1, 0.15) is 30.2 Å². The van der Waals surface area contributed by atoms with E-state index in [1.165, 1.54) is 37.7 Å². The van der Waals surface area contributed by atoms with E-state index in [1.54, 1.807) is 6.07 Å². The second kappa shape index (κ2) is 12.1. The van der Waals surface area contributed by atoms with Crippen LogP contribution in [0.1, 0.15) is 0 Å². The normalized spacial score (nSPS) is 14.6. The lowest BCUT2D eigenvalue weighted by Crippen LogP contribution is -2.48. The molecule has 0 aliphatic carbocycles. The van der Waals surface area contributed by atoms with Gasteiger partial charge in [0.15, 0.2) is 23.8 Å². The molecule has 7 N–H and O–H groups in total. The van der Waals surface area contributed by atoms with Crippen LogP contribution in [-0.4, -0.2) is 80.7 Å². The van der Waals surface area contributed by atoms with Crippen LogP contribution in [-0.2, 0) is 0 Å². The molecule has 34 heavy (non-hydrogen) atoms. The van der Waals surface area contributed by atoms with E-state index in [-0.39, 0.29) is 28.5 Å². The highest BCUT2D eigenvalue weighted by atomic mass is 79.9. The maximum absolute atomic E-state index is 14.3. The molecule has 13 heteroatoms. The molecule has 0 aliphatic rings. The number of aromatic nitrogens is 2. The molecule has 3 aromatic rings. The molecule has 0 spiro atoms. The molecule has 0 fully saturated rings. The fraction of sp³-hybridized carbons (Fsp3) is 0.333. The highest BCUT2D eigenvalue weighted by Crippen LogP contribution is 2.36. The molecule has 4 atom stereocenters. The Morgan fingerprint density at radius 3 is 2.41 bits per heavy atom. The highest BCUT2D eigenvalue weighted by molar-refractivity contribution is 9.10. The van der Waals surface area contributed by atoms with E-state index in [1.807, 2.05) is 0 Å². The summed E-state index contributed by atoms with van der Waals surface area (Å²) in [5.41, 5.74) is 0.533. The monoisotopic (exact) mass is 547 g/mol. The van der Waals surface area contributed by atoms with Crippen LogP contribution in [0.15, 0.2) is 41.1 Å². The minimum Gasteiger partial charge on any atom is -0.493 e. The first kappa shape index (κ1) is 27.6. The first-order valence-corrected chi connectivity index (χ1v) is 10.5. The number of nitrogens with one attached hydrogen (secondary N) is 1. The molecule has 0 aliphatic heterocycles. The van der Waals surface area contributed by atoms with Gasteiger partial charge < -0.3 is 40.7 Å². The molecule has 0 unspecified atom stereocenters. The Hall–Kier alpha value is -2.68. The first-order chi connectivity index (χ1) is 15.8. The van der Waals surface area contributed by atoms with Gasteiger partial charge in [-0.25, -0.2) is 18.7 Å². The van der Waals surface area contributed by atoms with Crippen LogP contribution in [0.4, 0.5) is 20.3 Å². The lowest BCUT2D eigenvalue weighted by atomic mass is 10.0. The minimum absolute atomic E-state index is 0. The van der Waals surface area contributed by atoms with E-state index in [4.69, 9.17) is 14.6 Å². The molecular weight excluding hydrogens is 524 g/mol. The number of fused-ring (bicyclic) bond motifs is 1. The Morgan fingerprint density at radius 1 is 1.06 bits per heavy atom. The third-order valence-electron chi connectivity index (χ3n) is 4.84. The fourth-order valence-corrected chi connectivity index (χ4v) is 3.39. The largest absolute Gasteiger partial charge is 0.493 e. The molecule has 10 nitrogen and oxygen atoms in total. The van der Waals surface area contributed by atoms with Crippen molar-refractivity contribution in [2.45, 2.75) is 24.5 Å². The molecule has 1 aromatic heterocycles. The lowest BCUT2D eigenvalue weighted by Gasteiger charge is -2.28. The molecule has 0 amide bonds. The van der Waals surface area contributed by atoms with Gasteiger partial charge >= 0.3 is 0 Å². The van der Waals surface area contributed by atoms with Crippen molar-refractivity contribution in [3.05, 3.63) is 46.9 Å². The van der Waals surface area contributed by atoms with Crippen LogP contribution >= 0.6 is 15.9 Å². The number of methoxy groups -OCH3 is 1. The van der Waals surface area contributed by atoms with Gasteiger partial charge in [0.05, 0.1) is 31.5 Å². The summed E-state index contributed by atoms with van der Waals surface area (Å²) >= 11 is 3.20. The number of alkyl halides is 1. The summed E-state index contributed by atoms with van der Waals surface area (Å²) in [7, 11) is 1.35. The SMILES string of the molecule is COc1cc2c(Nc3ccc(Br)cc3F)ncnc2cc1O[C@H](CO)[C@H](O)[C@@H](O)[C@H](F)CO.O. The van der Waals surface area contributed by atoms with Crippen molar-refractivity contribution in [3.8, 4) is 11.5 Å². The first-order valence-electron chi connectivity index (χ1n) is 9.72. The van der Waals surface area contributed by atoms with Gasteiger partial charge in [0.25, 0.3) is 0 Å². The average molecular weight is 548 g/mol. The van der Waals surface area contributed by atoms with Crippen molar-refractivity contribution >= 4 is 38.3 Å². The van der Waals surface area contributed by atoms with Gasteiger partial charge in [-0.3, -0.25) is 0 Å². The maximum Gasteiger partial charge on any atom is 0.164 e. The number of hydrogen-bond donors (Lipinski definition) is 5. The lowest BCUT2D eigenvalue weighted by molar-refractivity contribution is -0.0981. The number of nitrogens with zero attached hydrogens (tertiary/aromatic N) is 2. The molecular formula is C21H24BrF2N3O7. The summed E-state index contributed by atoms with van der Waals surface area (Å²) in [4.78, 5) is 8.31. The van der Waals surface area contributed by atoms with Crippen molar-refractivity contribution in [1.82, 2.24) is 9.97 Å². The Labute approximate surface area is 201 Å². The van der Waals surface area contributed by atoms with E-state index in [9.17, 15) is 24.1 Å². The molecule has 0 bridgehead atoms. The van der Waals surface area contributed by atoms with E-state index < -0.39 is 43.5 Å². The van der Waals surface area contributed by atoms with Gasteiger partial charge in [-0.1, -0.05) is 15.9 Å². The van der Waals surface area contributed by atoms with Crippen molar-refractivity contribution in [2.75, 3.05) is 25.6 Å². The smallest absolute Gasteiger partial charge is 0.164 e. The Balaban J connectivity index is 0.00000408. The van der Waals surface area contributed by atoms with Crippen molar-refractivity contribution in [3.63, 3.8) is 0 Å². The Kier molecular flexibility index (Phi) is 9.85. The van der Waals surface area contributed by atoms with Crippen LogP contribution in [0, 0.1) is 5.82 Å². The average Bonchev–Trinajstić information content (AvgIpc) is 2.82. The van der Waals surface area contributed by atoms with Crippen LogP contribution in [0.5, 0.6) is 11.5 Å². The number of benzene rings is 2. The molecule has 0 saturated carbocycles. The fourth-order valence-electron chi connectivity index (χ4n) is 3.05. The molecule has 3 rings (SSSR count). The van der Waals surface area contributed by atoms with E-state index >= 15 is 0 Å². The number of aliphatic hydroxyl groups excluding tert-OH is 4. The van der Waals surface area contributed by atoms with Crippen LogP contribution in [0.2, 0.25) is 0 Å². The highest BCUT2D eigenvalue weighted by Gasteiger charge is 2.34. The summed E-state index contributed by atoms with van der Waals surface area (Å²) in [5, 5.41) is 41.8. The number of halogens is 3. The quantitative estimate of drug-likeness (QED) is 0.250. The summed E-state index contributed by atoms with van der Waals surface area (Å²) in [6.07, 6.45) is -6.16. The third kappa shape index (κ3) is 6.05. The van der Waals surface area contributed by atoms with Crippen molar-refractivity contribution in [2.24, 2.45) is 0 Å². The standard InChI is InChI=1S/C21H22BrF2N3O6.H2O/c1-32-16-5-11-15(6-17(16)33-18(8-29)20(31)19(30)13(24)7-28)25-9-26-21(11)27-14-3-2-10(22)4-12(14)23;/h2-6,9,13,18-20,28-31H,7-8H2,1H3,(H,25,26,27);1H2/t13-,18-,19+,20+;/m1./s1. The zero-order valence-corrected chi connectivity index (χ0v) is 19.4. The zero-order chi connectivity index (χ0) is 24.1. The zero-order valence-electron chi connectivity index (χ0n) is 17.8. The van der Waals surface area contributed by atoms with E-state index in [2.05, 4.69) is 31.2 Å². The molecule has 186 valence electrons. The van der Waals surface area contributed by atoms with Crippen LogP contribution in [0.25, 0.3) is 10.9 Å². The number of aliphatic hydroxyl groups is 4. The number of ether oxygens (including phenoxy) is 2. The van der Waals surface area contributed by atoms with Gasteiger partial charge in [-0.05, 0) is 24.3 Å². The molecule has 0 saturated heterocycles. The summed E-state index contributed by atoms with van der Waals surface area (Å²) in [5.74, 6) is -0.0382. The molecule has 1 heterocycles. The van der Waals surface area contributed by atoms with Crippen molar-refractivity contribution < 1.29 is 44.2 Å². The molecule has 2 aromatic carbocycles. The van der Waals surface area contributed by atoms with Gasteiger partial charge in [0, 0.05) is 15.9 Å². The second-order valence-corrected chi connectivity index (χ2v) is 7.93. The van der Waals surface area contributed by atoms with Crippen LogP contribution in [0.3, 0.4) is 0 Å². The maximum atomic E-state index is 14.3. The minimum atomic E-state index is -2.13. The Morgan fingerprint density at radius 2 is 1.79 bits per heavy atom. The third-order valence-corrected chi connectivity index (χ3v) is 5.33. The van der Waals surface area contributed by atoms with Crippen LogP contribution < -0.4 is 14.8 Å². The summed E-state index contributed by atoms with van der Waals surface area (Å²) in [6, 6.07) is 7.43. The van der Waals surface area contributed by atoms with Gasteiger partial charge in [0.2, 0.25) is 0 Å². The number of rotatable bonds is 10. The predicted molar refractivity (Wildman–Crippen MR) is 123 cm³/mol. The van der Waals surface area contributed by atoms with E-state index in [0.29, 0.717) is 15.4 Å². The summed E-state index contributed by atoms with van der Waals surface area (Å²) in [6.45, 7) is -1.78. The Bertz CT molecular complexity index is 1110. The van der Waals surface area contributed by atoms with E-state index in [0.717, 1.165) is 0 Å². The molecule has 0 radical (unpaired) electrons. The second-order valence-electron chi connectivity index (χ2n) is 7.01. The number of anilines is 2. The summed E-state index contributed by atoms with van der Waals surface area (Å²) < 4.78 is 39.3. The van der Waals surface area contributed by atoms with Gasteiger partial charge in [-0.2, -0.15) is 0 Å². The number of hydrogen-bond acceptors (Lipinski definition) is 9. The predicted octanol–water partition coefficient (Wildman–Crippen LogP) is 1.25. The topological polar surface area (TPSA) is 169 Å².